The van der Waals surface area contributed by atoms with Crippen LogP contribution in [0.1, 0.15) is 22.3 Å². The maximum Gasteiger partial charge on any atom is 0.227 e. The maximum absolute atomic E-state index is 6.51. The molecule has 7 aromatic carbocycles. The van der Waals surface area contributed by atoms with Crippen LogP contribution in [0.2, 0.25) is 0 Å². The molecule has 1 aromatic heterocycles. The van der Waals surface area contributed by atoms with Gasteiger partial charge in [-0.25, -0.2) is 4.98 Å². The Labute approximate surface area is 272 Å². The molecule has 47 heavy (non-hydrogen) atoms. The van der Waals surface area contributed by atoms with Gasteiger partial charge in [-0.15, -0.1) is 0 Å². The number of para-hydroxylation sites is 4. The molecule has 8 aromatic rings. The third-order valence-corrected chi connectivity index (χ3v) is 9.80. The average Bonchev–Trinajstić information content (AvgIpc) is 3.70. The van der Waals surface area contributed by atoms with Crippen molar-refractivity contribution in [2.24, 2.45) is 0 Å². The second-order valence-electron chi connectivity index (χ2n) is 12.3. The van der Waals surface area contributed by atoms with E-state index in [1.54, 1.807) is 0 Å². The van der Waals surface area contributed by atoms with Crippen molar-refractivity contribution < 1.29 is 9.15 Å². The summed E-state index contributed by atoms with van der Waals surface area (Å²) in [7, 11) is 0. The van der Waals surface area contributed by atoms with Gasteiger partial charge in [0.1, 0.15) is 17.0 Å². The summed E-state index contributed by atoms with van der Waals surface area (Å²) in [4.78, 5) is 4.70. The minimum atomic E-state index is -0.474. The second-order valence-corrected chi connectivity index (χ2v) is 12.3. The fourth-order valence-electron chi connectivity index (χ4n) is 7.72. The van der Waals surface area contributed by atoms with Crippen molar-refractivity contribution in [3.8, 4) is 56.3 Å². The van der Waals surface area contributed by atoms with E-state index in [0.29, 0.717) is 5.89 Å². The first-order chi connectivity index (χ1) is 23.3. The molecular weight excluding hydrogens is 574 g/mol. The molecule has 2 heterocycles. The average molecular weight is 602 g/mol. The zero-order valence-electron chi connectivity index (χ0n) is 25.4. The molecule has 0 N–H and O–H groups in total. The van der Waals surface area contributed by atoms with Crippen molar-refractivity contribution in [1.82, 2.24) is 4.98 Å². The van der Waals surface area contributed by atoms with Gasteiger partial charge in [0.15, 0.2) is 5.58 Å². The lowest BCUT2D eigenvalue weighted by Gasteiger charge is -2.39. The van der Waals surface area contributed by atoms with Gasteiger partial charge in [-0.05, 0) is 87.0 Å². The van der Waals surface area contributed by atoms with Crippen molar-refractivity contribution in [2.45, 2.75) is 5.41 Å². The highest BCUT2D eigenvalue weighted by Gasteiger charge is 2.50. The number of hydrogen-bond donors (Lipinski definition) is 0. The summed E-state index contributed by atoms with van der Waals surface area (Å²) in [5.74, 6) is 2.45. The number of oxazole rings is 1. The SMILES string of the molecule is c1cc(-c2ccc(-c3ccc4c(c3)C3(c5ccccc5Oc5ccccc53)c3ccccc3-4)cc2)cc(-c2nc3ccccc3o2)c1. The molecule has 0 radical (unpaired) electrons. The Morgan fingerprint density at radius 2 is 0.979 bits per heavy atom. The lowest BCUT2D eigenvalue weighted by molar-refractivity contribution is 0.436. The van der Waals surface area contributed by atoms with Crippen LogP contribution in [0, 0.1) is 0 Å². The fraction of sp³-hybridized carbons (Fsp3) is 0.0227. The Balaban J connectivity index is 1.09. The number of fused-ring (bicyclic) bond motifs is 10. The number of rotatable bonds is 3. The molecule has 0 bridgehead atoms. The highest BCUT2D eigenvalue weighted by molar-refractivity contribution is 5.90. The Hall–Kier alpha value is -6.19. The smallest absolute Gasteiger partial charge is 0.227 e. The Bertz CT molecular complexity index is 2430. The van der Waals surface area contributed by atoms with Gasteiger partial charge in [-0.3, -0.25) is 0 Å². The summed E-state index contributed by atoms with van der Waals surface area (Å²) in [5, 5.41) is 0. The molecule has 2 aliphatic rings. The maximum atomic E-state index is 6.51. The molecule has 0 atom stereocenters. The molecule has 0 unspecified atom stereocenters. The number of nitrogens with zero attached hydrogens (tertiary/aromatic N) is 1. The predicted molar refractivity (Wildman–Crippen MR) is 188 cm³/mol. The number of aromatic nitrogens is 1. The van der Waals surface area contributed by atoms with Crippen LogP contribution < -0.4 is 4.74 Å². The standard InChI is InChI=1S/C44H27NO2/c1-2-13-35-33(12-1)34-25-24-31(27-38(34)44(35)36-14-3-6-17-40(36)46-41-18-7-4-15-37(41)44)29-22-20-28(21-23-29)30-10-9-11-32(26-30)43-45-39-16-5-8-19-42(39)47-43/h1-27H. The van der Waals surface area contributed by atoms with Crippen LogP contribution in [-0.2, 0) is 5.41 Å². The summed E-state index contributed by atoms with van der Waals surface area (Å²) in [6.07, 6.45) is 0. The Morgan fingerprint density at radius 3 is 1.72 bits per heavy atom. The van der Waals surface area contributed by atoms with Crippen LogP contribution in [0.3, 0.4) is 0 Å². The zero-order chi connectivity index (χ0) is 31.0. The summed E-state index contributed by atoms with van der Waals surface area (Å²) in [6.45, 7) is 0. The minimum Gasteiger partial charge on any atom is -0.457 e. The first-order valence-corrected chi connectivity index (χ1v) is 16.0. The minimum absolute atomic E-state index is 0.474. The molecule has 0 amide bonds. The monoisotopic (exact) mass is 601 g/mol. The molecule has 220 valence electrons. The van der Waals surface area contributed by atoms with Gasteiger partial charge in [0.2, 0.25) is 5.89 Å². The molecule has 0 saturated heterocycles. The fourth-order valence-corrected chi connectivity index (χ4v) is 7.72. The third-order valence-electron chi connectivity index (χ3n) is 9.80. The number of ether oxygens (including phenoxy) is 1. The summed E-state index contributed by atoms with van der Waals surface area (Å²) >= 11 is 0. The lowest BCUT2D eigenvalue weighted by Crippen LogP contribution is -2.32. The Morgan fingerprint density at radius 1 is 0.404 bits per heavy atom. The summed E-state index contributed by atoms with van der Waals surface area (Å²) in [6, 6.07) is 58.0. The van der Waals surface area contributed by atoms with Gasteiger partial charge in [0.25, 0.3) is 0 Å². The van der Waals surface area contributed by atoms with Gasteiger partial charge >= 0.3 is 0 Å². The van der Waals surface area contributed by atoms with Crippen LogP contribution >= 0.6 is 0 Å². The number of hydrogen-bond acceptors (Lipinski definition) is 3. The van der Waals surface area contributed by atoms with Crippen LogP contribution in [0.5, 0.6) is 11.5 Å². The zero-order valence-corrected chi connectivity index (χ0v) is 25.4. The van der Waals surface area contributed by atoms with E-state index >= 15 is 0 Å². The van der Waals surface area contributed by atoms with E-state index in [9.17, 15) is 0 Å². The molecule has 10 rings (SSSR count). The van der Waals surface area contributed by atoms with Gasteiger partial charge in [0.05, 0.1) is 5.41 Å². The van der Waals surface area contributed by atoms with Crippen LogP contribution in [0.25, 0.3) is 55.9 Å². The highest BCUT2D eigenvalue weighted by Crippen LogP contribution is 2.62. The second kappa shape index (κ2) is 9.90. The van der Waals surface area contributed by atoms with E-state index in [1.165, 1.54) is 44.5 Å². The van der Waals surface area contributed by atoms with E-state index in [4.69, 9.17) is 14.1 Å². The van der Waals surface area contributed by atoms with Gasteiger partial charge in [0, 0.05) is 16.7 Å². The van der Waals surface area contributed by atoms with E-state index in [-0.39, 0.29) is 0 Å². The van der Waals surface area contributed by atoms with Crippen LogP contribution in [0.4, 0.5) is 0 Å². The van der Waals surface area contributed by atoms with Gasteiger partial charge < -0.3 is 9.15 Å². The van der Waals surface area contributed by atoms with Crippen molar-refractivity contribution in [1.29, 1.82) is 0 Å². The largest absolute Gasteiger partial charge is 0.457 e. The van der Waals surface area contributed by atoms with E-state index < -0.39 is 5.41 Å². The summed E-state index contributed by atoms with van der Waals surface area (Å²) < 4.78 is 12.6. The van der Waals surface area contributed by atoms with Gasteiger partial charge in [-0.1, -0.05) is 121 Å². The highest BCUT2D eigenvalue weighted by atomic mass is 16.5. The predicted octanol–water partition coefficient (Wildman–Crippen LogP) is 11.3. The van der Waals surface area contributed by atoms with Gasteiger partial charge in [-0.2, -0.15) is 0 Å². The lowest BCUT2D eigenvalue weighted by atomic mass is 9.66. The first-order valence-electron chi connectivity index (χ1n) is 16.0. The third kappa shape index (κ3) is 3.77. The quantitative estimate of drug-likeness (QED) is 0.202. The van der Waals surface area contributed by atoms with E-state index in [2.05, 4.69) is 133 Å². The molecule has 0 saturated carbocycles. The molecule has 0 fully saturated rings. The Kier molecular flexibility index (Phi) is 5.49. The van der Waals surface area contributed by atoms with Crippen molar-refractivity contribution in [2.75, 3.05) is 0 Å². The topological polar surface area (TPSA) is 35.3 Å². The molecule has 3 nitrogen and oxygen atoms in total. The van der Waals surface area contributed by atoms with Crippen molar-refractivity contribution in [3.05, 3.63) is 186 Å². The molecular formula is C44H27NO2. The molecule has 1 aliphatic heterocycles. The molecule has 3 heteroatoms. The summed E-state index contributed by atoms with van der Waals surface area (Å²) in [5.41, 5.74) is 14.2. The van der Waals surface area contributed by atoms with Crippen molar-refractivity contribution in [3.63, 3.8) is 0 Å². The first kappa shape index (κ1) is 26.1. The van der Waals surface area contributed by atoms with E-state index in [1.807, 2.05) is 30.3 Å². The van der Waals surface area contributed by atoms with Crippen molar-refractivity contribution >= 4 is 11.1 Å². The molecule has 1 aliphatic carbocycles. The van der Waals surface area contributed by atoms with E-state index in [0.717, 1.165) is 39.3 Å². The molecule has 1 spiro atoms. The van der Waals surface area contributed by atoms with Crippen LogP contribution in [0.15, 0.2) is 168 Å². The normalized spacial score (nSPS) is 13.4. The van der Waals surface area contributed by atoms with Crippen LogP contribution in [-0.4, -0.2) is 4.98 Å². The number of benzene rings is 7.